The normalized spacial score (nSPS) is 11.9. The van der Waals surface area contributed by atoms with E-state index in [0.717, 1.165) is 10.5 Å². The number of pyridine rings is 1. The fourth-order valence-corrected chi connectivity index (χ4v) is 2.17. The number of benzene rings is 1. The zero-order chi connectivity index (χ0) is 13.7. The maximum atomic E-state index is 12.1. The fraction of sp³-hybridized carbons (Fsp3) is 0.200. The molecule has 98 valence electrons. The predicted molar refractivity (Wildman–Crippen MR) is 78.3 cm³/mol. The van der Waals surface area contributed by atoms with E-state index in [-0.39, 0.29) is 11.9 Å². The van der Waals surface area contributed by atoms with Crippen LogP contribution in [0.3, 0.4) is 0 Å². The number of hydrogen-bond acceptors (Lipinski definition) is 3. The van der Waals surface area contributed by atoms with Crippen molar-refractivity contribution in [2.24, 2.45) is 0 Å². The SMILES string of the molecule is CSc1ccc(C(=O)N[C@@H](C)c2ccncc2)cc1. The summed E-state index contributed by atoms with van der Waals surface area (Å²) in [5.41, 5.74) is 1.72. The molecule has 2 rings (SSSR count). The summed E-state index contributed by atoms with van der Waals surface area (Å²) in [5, 5.41) is 2.98. The lowest BCUT2D eigenvalue weighted by molar-refractivity contribution is 0.0940. The van der Waals surface area contributed by atoms with Crippen molar-refractivity contribution < 1.29 is 4.79 Å². The van der Waals surface area contributed by atoms with Gasteiger partial charge in [0.1, 0.15) is 0 Å². The van der Waals surface area contributed by atoms with Gasteiger partial charge < -0.3 is 5.32 Å². The Balaban J connectivity index is 2.04. The van der Waals surface area contributed by atoms with Gasteiger partial charge in [0.25, 0.3) is 5.91 Å². The minimum atomic E-state index is -0.0584. The van der Waals surface area contributed by atoms with Gasteiger partial charge in [-0.2, -0.15) is 0 Å². The van der Waals surface area contributed by atoms with Gasteiger partial charge in [-0.05, 0) is 55.1 Å². The van der Waals surface area contributed by atoms with E-state index < -0.39 is 0 Å². The van der Waals surface area contributed by atoms with Crippen molar-refractivity contribution in [1.29, 1.82) is 0 Å². The number of carbonyl (C=O) groups excluding carboxylic acids is 1. The highest BCUT2D eigenvalue weighted by Crippen LogP contribution is 2.16. The van der Waals surface area contributed by atoms with E-state index in [2.05, 4.69) is 10.3 Å². The Bertz CT molecular complexity index is 540. The van der Waals surface area contributed by atoms with E-state index >= 15 is 0 Å². The van der Waals surface area contributed by atoms with Crippen LogP contribution in [0.1, 0.15) is 28.9 Å². The van der Waals surface area contributed by atoms with Crippen molar-refractivity contribution in [1.82, 2.24) is 10.3 Å². The molecule has 3 nitrogen and oxygen atoms in total. The van der Waals surface area contributed by atoms with E-state index in [9.17, 15) is 4.79 Å². The number of hydrogen-bond donors (Lipinski definition) is 1. The van der Waals surface area contributed by atoms with Crippen LogP contribution in [0.25, 0.3) is 0 Å². The molecule has 0 spiro atoms. The lowest BCUT2D eigenvalue weighted by atomic mass is 10.1. The third-order valence-electron chi connectivity index (χ3n) is 2.91. The first-order valence-electron chi connectivity index (χ1n) is 6.05. The summed E-state index contributed by atoms with van der Waals surface area (Å²) in [6, 6.07) is 11.4. The van der Waals surface area contributed by atoms with Crippen LogP contribution in [0.2, 0.25) is 0 Å². The summed E-state index contributed by atoms with van der Waals surface area (Å²) in [5.74, 6) is -0.0584. The third kappa shape index (κ3) is 3.58. The highest BCUT2D eigenvalue weighted by atomic mass is 32.2. The standard InChI is InChI=1S/C15H16N2OS/c1-11(12-7-9-16-10-8-12)17-15(18)13-3-5-14(19-2)6-4-13/h3-11H,1-2H3,(H,17,18)/t11-/m0/s1. The van der Waals surface area contributed by atoms with Gasteiger partial charge >= 0.3 is 0 Å². The Morgan fingerprint density at radius 2 is 1.79 bits per heavy atom. The van der Waals surface area contributed by atoms with Crippen molar-refractivity contribution in [2.75, 3.05) is 6.26 Å². The molecular weight excluding hydrogens is 256 g/mol. The van der Waals surface area contributed by atoms with E-state index in [4.69, 9.17) is 0 Å². The third-order valence-corrected chi connectivity index (χ3v) is 3.65. The van der Waals surface area contributed by atoms with Crippen LogP contribution in [-0.4, -0.2) is 17.1 Å². The first-order valence-corrected chi connectivity index (χ1v) is 7.28. The zero-order valence-corrected chi connectivity index (χ0v) is 11.8. The maximum absolute atomic E-state index is 12.1. The van der Waals surface area contributed by atoms with Gasteiger partial charge in [0, 0.05) is 22.9 Å². The topological polar surface area (TPSA) is 42.0 Å². The van der Waals surface area contributed by atoms with E-state index in [1.165, 1.54) is 0 Å². The largest absolute Gasteiger partial charge is 0.346 e. The summed E-state index contributed by atoms with van der Waals surface area (Å²) in [6.45, 7) is 1.96. The van der Waals surface area contributed by atoms with Gasteiger partial charge in [-0.15, -0.1) is 11.8 Å². The second-order valence-electron chi connectivity index (χ2n) is 4.20. The molecule has 1 atom stereocenters. The molecule has 0 fully saturated rings. The van der Waals surface area contributed by atoms with Crippen molar-refractivity contribution >= 4 is 17.7 Å². The predicted octanol–water partition coefficient (Wildman–Crippen LogP) is 3.29. The first kappa shape index (κ1) is 13.6. The molecule has 0 aliphatic carbocycles. The minimum Gasteiger partial charge on any atom is -0.346 e. The summed E-state index contributed by atoms with van der Waals surface area (Å²) >= 11 is 1.66. The van der Waals surface area contributed by atoms with Crippen LogP contribution in [-0.2, 0) is 0 Å². The lowest BCUT2D eigenvalue weighted by Crippen LogP contribution is -2.26. The van der Waals surface area contributed by atoms with Gasteiger partial charge in [-0.25, -0.2) is 0 Å². The number of amides is 1. The molecule has 1 aromatic heterocycles. The Hall–Kier alpha value is -1.81. The van der Waals surface area contributed by atoms with Crippen LogP contribution < -0.4 is 5.32 Å². The van der Waals surface area contributed by atoms with Gasteiger partial charge in [-0.1, -0.05) is 0 Å². The quantitative estimate of drug-likeness (QED) is 0.868. The van der Waals surface area contributed by atoms with Crippen LogP contribution in [0.5, 0.6) is 0 Å². The lowest BCUT2D eigenvalue weighted by Gasteiger charge is -2.14. The van der Waals surface area contributed by atoms with Crippen LogP contribution in [0.4, 0.5) is 0 Å². The number of rotatable bonds is 4. The molecular formula is C15H16N2OS. The molecule has 0 saturated carbocycles. The molecule has 0 saturated heterocycles. The van der Waals surface area contributed by atoms with Crippen molar-refractivity contribution in [2.45, 2.75) is 17.9 Å². The van der Waals surface area contributed by atoms with Crippen molar-refractivity contribution in [3.8, 4) is 0 Å². The second-order valence-corrected chi connectivity index (χ2v) is 5.08. The van der Waals surface area contributed by atoms with Crippen molar-refractivity contribution in [3.63, 3.8) is 0 Å². The van der Waals surface area contributed by atoms with E-state index in [1.807, 2.05) is 49.6 Å². The van der Waals surface area contributed by atoms with Gasteiger partial charge in [-0.3, -0.25) is 9.78 Å². The first-order chi connectivity index (χ1) is 9.20. The summed E-state index contributed by atoms with van der Waals surface area (Å²) in [7, 11) is 0. The van der Waals surface area contributed by atoms with Crippen LogP contribution in [0.15, 0.2) is 53.7 Å². The highest BCUT2D eigenvalue weighted by molar-refractivity contribution is 7.98. The Labute approximate surface area is 117 Å². The second kappa shape index (κ2) is 6.38. The smallest absolute Gasteiger partial charge is 0.251 e. The average Bonchev–Trinajstić information content (AvgIpc) is 2.48. The number of aromatic nitrogens is 1. The summed E-state index contributed by atoms with van der Waals surface area (Å²) in [4.78, 5) is 17.2. The molecule has 0 bridgehead atoms. The number of nitrogens with zero attached hydrogens (tertiary/aromatic N) is 1. The minimum absolute atomic E-state index is 0.0317. The Morgan fingerprint density at radius 3 is 2.37 bits per heavy atom. The zero-order valence-electron chi connectivity index (χ0n) is 11.0. The highest BCUT2D eigenvalue weighted by Gasteiger charge is 2.10. The van der Waals surface area contributed by atoms with Crippen LogP contribution >= 0.6 is 11.8 Å². The summed E-state index contributed by atoms with van der Waals surface area (Å²) in [6.07, 6.45) is 5.47. The molecule has 0 unspecified atom stereocenters. The summed E-state index contributed by atoms with van der Waals surface area (Å²) < 4.78 is 0. The monoisotopic (exact) mass is 272 g/mol. The Kier molecular flexibility index (Phi) is 4.58. The molecule has 0 radical (unpaired) electrons. The van der Waals surface area contributed by atoms with E-state index in [1.54, 1.807) is 24.2 Å². The molecule has 0 aliphatic heterocycles. The van der Waals surface area contributed by atoms with Crippen LogP contribution in [0, 0.1) is 0 Å². The molecule has 1 heterocycles. The molecule has 1 N–H and O–H groups in total. The van der Waals surface area contributed by atoms with Gasteiger partial charge in [0.15, 0.2) is 0 Å². The number of nitrogens with one attached hydrogen (secondary N) is 1. The Morgan fingerprint density at radius 1 is 1.16 bits per heavy atom. The molecule has 2 aromatic rings. The van der Waals surface area contributed by atoms with Gasteiger partial charge in [0.05, 0.1) is 6.04 Å². The molecule has 4 heteroatoms. The molecule has 0 aliphatic rings. The molecule has 19 heavy (non-hydrogen) atoms. The fourth-order valence-electron chi connectivity index (χ4n) is 1.76. The number of thioether (sulfide) groups is 1. The maximum Gasteiger partial charge on any atom is 0.251 e. The molecule has 1 aromatic carbocycles. The van der Waals surface area contributed by atoms with Gasteiger partial charge in [0.2, 0.25) is 0 Å². The van der Waals surface area contributed by atoms with Crippen molar-refractivity contribution in [3.05, 3.63) is 59.9 Å². The number of carbonyl (C=O) groups is 1. The van der Waals surface area contributed by atoms with E-state index in [0.29, 0.717) is 5.56 Å². The average molecular weight is 272 g/mol. The molecule has 1 amide bonds.